The van der Waals surface area contributed by atoms with Crippen LogP contribution in [0.1, 0.15) is 25.1 Å². The zero-order chi connectivity index (χ0) is 13.0. The van der Waals surface area contributed by atoms with Gasteiger partial charge in [-0.2, -0.15) is 5.10 Å². The van der Waals surface area contributed by atoms with Gasteiger partial charge in [-0.25, -0.2) is 4.79 Å². The highest BCUT2D eigenvalue weighted by Gasteiger charge is 2.09. The van der Waals surface area contributed by atoms with Crippen molar-refractivity contribution in [1.82, 2.24) is 15.1 Å². The van der Waals surface area contributed by atoms with Crippen LogP contribution in [0.5, 0.6) is 0 Å². The number of carbonyl (C=O) groups is 1. The normalized spacial score (nSPS) is 11.2. The zero-order valence-corrected chi connectivity index (χ0v) is 10.9. The number of rotatable bonds is 3. The van der Waals surface area contributed by atoms with Crippen molar-refractivity contribution >= 4 is 23.9 Å². The fourth-order valence-electron chi connectivity index (χ4n) is 1.18. The molecule has 1 aromatic rings. The molecule has 0 saturated heterocycles. The van der Waals surface area contributed by atoms with Crippen LogP contribution >= 0.6 is 11.6 Å². The fraction of sp³-hybridized carbons (Fsp3) is 0.500. The molecular weight excluding hydrogens is 244 g/mol. The predicted molar refractivity (Wildman–Crippen MR) is 65.3 cm³/mol. The Morgan fingerprint density at radius 3 is 2.76 bits per heavy atom. The van der Waals surface area contributed by atoms with Gasteiger partial charge in [-0.15, -0.1) is 0 Å². The van der Waals surface area contributed by atoms with E-state index in [-0.39, 0.29) is 6.04 Å². The van der Waals surface area contributed by atoms with Gasteiger partial charge in [-0.1, -0.05) is 16.8 Å². The number of hydrogen-bond donors (Lipinski definition) is 1. The largest absolute Gasteiger partial charge is 0.433 e. The molecule has 1 heterocycles. The molecule has 0 aliphatic carbocycles. The van der Waals surface area contributed by atoms with E-state index >= 15 is 0 Å². The molecule has 0 aliphatic heterocycles. The Kier molecular flexibility index (Phi) is 4.51. The minimum atomic E-state index is -0.603. The van der Waals surface area contributed by atoms with Gasteiger partial charge in [0, 0.05) is 13.1 Å². The molecule has 0 radical (unpaired) electrons. The van der Waals surface area contributed by atoms with Crippen LogP contribution in [0.3, 0.4) is 0 Å². The maximum absolute atomic E-state index is 11.1. The molecule has 1 amide bonds. The van der Waals surface area contributed by atoms with Crippen molar-refractivity contribution in [3.05, 3.63) is 16.4 Å². The molecule has 1 N–H and O–H groups in total. The van der Waals surface area contributed by atoms with Crippen LogP contribution in [0, 0.1) is 6.92 Å². The van der Waals surface area contributed by atoms with Gasteiger partial charge in [0.1, 0.15) is 5.15 Å². The first-order valence-electron chi connectivity index (χ1n) is 5.11. The maximum Gasteiger partial charge on any atom is 0.433 e. The van der Waals surface area contributed by atoms with Crippen molar-refractivity contribution in [2.24, 2.45) is 12.2 Å². The van der Waals surface area contributed by atoms with Gasteiger partial charge in [0.2, 0.25) is 0 Å². The molecule has 0 atom stereocenters. The molecule has 17 heavy (non-hydrogen) atoms. The lowest BCUT2D eigenvalue weighted by atomic mass is 10.3. The average molecular weight is 259 g/mol. The fourth-order valence-corrected chi connectivity index (χ4v) is 1.41. The van der Waals surface area contributed by atoms with Gasteiger partial charge in [-0.05, 0) is 20.8 Å². The van der Waals surface area contributed by atoms with Crippen LogP contribution in [0.2, 0.25) is 5.15 Å². The summed E-state index contributed by atoms with van der Waals surface area (Å²) < 4.78 is 1.52. The van der Waals surface area contributed by atoms with Crippen LogP contribution in [0.15, 0.2) is 5.16 Å². The van der Waals surface area contributed by atoms with Crippen molar-refractivity contribution in [1.29, 1.82) is 0 Å². The standard InChI is InChI=1S/C10H15ClN4O2/c1-6(2)13-10(16)17-12-5-8-7(3)14-15(4)9(8)11/h5-6H,1-4H3,(H,13,16)/b12-5+. The summed E-state index contributed by atoms with van der Waals surface area (Å²) in [6.07, 6.45) is 0.763. The van der Waals surface area contributed by atoms with E-state index in [1.165, 1.54) is 10.9 Å². The Labute approximate surface area is 105 Å². The molecule has 0 spiro atoms. The van der Waals surface area contributed by atoms with Crippen molar-refractivity contribution in [3.8, 4) is 0 Å². The van der Waals surface area contributed by atoms with Crippen LogP contribution in [-0.4, -0.2) is 28.1 Å². The van der Waals surface area contributed by atoms with E-state index in [4.69, 9.17) is 11.6 Å². The lowest BCUT2D eigenvalue weighted by Gasteiger charge is -2.04. The third kappa shape index (κ3) is 3.74. The number of carbonyl (C=O) groups excluding carboxylic acids is 1. The average Bonchev–Trinajstić information content (AvgIpc) is 2.43. The number of nitrogens with one attached hydrogen (secondary N) is 1. The topological polar surface area (TPSA) is 68.5 Å². The summed E-state index contributed by atoms with van der Waals surface area (Å²) in [6, 6.07) is 0.00131. The SMILES string of the molecule is Cc1nn(C)c(Cl)c1/C=N/OC(=O)NC(C)C. The van der Waals surface area contributed by atoms with Gasteiger partial charge in [0.25, 0.3) is 0 Å². The highest BCUT2D eigenvalue weighted by molar-refractivity contribution is 6.32. The number of nitrogens with zero attached hydrogens (tertiary/aromatic N) is 3. The summed E-state index contributed by atoms with van der Waals surface area (Å²) in [5, 5.41) is 10.6. The van der Waals surface area contributed by atoms with E-state index in [0.29, 0.717) is 16.4 Å². The highest BCUT2D eigenvalue weighted by atomic mass is 35.5. The van der Waals surface area contributed by atoms with Crippen molar-refractivity contribution in [2.45, 2.75) is 26.8 Å². The molecule has 0 unspecified atom stereocenters. The van der Waals surface area contributed by atoms with Gasteiger partial charge in [0.15, 0.2) is 0 Å². The lowest BCUT2D eigenvalue weighted by Crippen LogP contribution is -2.29. The Morgan fingerprint density at radius 2 is 2.29 bits per heavy atom. The molecule has 0 aliphatic rings. The quantitative estimate of drug-likeness (QED) is 0.511. The second-order valence-electron chi connectivity index (χ2n) is 3.83. The Balaban J connectivity index is 2.62. The predicted octanol–water partition coefficient (Wildman–Crippen LogP) is 1.85. The minimum Gasteiger partial charge on any atom is -0.317 e. The summed E-state index contributed by atoms with van der Waals surface area (Å²) in [4.78, 5) is 15.7. The zero-order valence-electron chi connectivity index (χ0n) is 10.2. The maximum atomic E-state index is 11.1. The number of hydrogen-bond acceptors (Lipinski definition) is 4. The van der Waals surface area contributed by atoms with E-state index < -0.39 is 6.09 Å². The van der Waals surface area contributed by atoms with Crippen LogP contribution in [-0.2, 0) is 11.9 Å². The second-order valence-corrected chi connectivity index (χ2v) is 4.18. The molecule has 0 saturated carbocycles. The summed E-state index contributed by atoms with van der Waals surface area (Å²) in [5.74, 6) is 0. The van der Waals surface area contributed by atoms with Crippen LogP contribution < -0.4 is 5.32 Å². The molecule has 94 valence electrons. The Bertz CT molecular complexity index is 440. The summed E-state index contributed by atoms with van der Waals surface area (Å²) >= 11 is 5.97. The van der Waals surface area contributed by atoms with E-state index in [0.717, 1.165) is 0 Å². The van der Waals surface area contributed by atoms with E-state index in [9.17, 15) is 4.79 Å². The number of halogens is 1. The molecule has 1 rings (SSSR count). The Hall–Kier alpha value is -1.56. The lowest BCUT2D eigenvalue weighted by molar-refractivity contribution is 0.149. The minimum absolute atomic E-state index is 0.00131. The van der Waals surface area contributed by atoms with E-state index in [1.807, 2.05) is 13.8 Å². The third-order valence-electron chi connectivity index (χ3n) is 1.92. The molecular formula is C10H15ClN4O2. The highest BCUT2D eigenvalue weighted by Crippen LogP contribution is 2.15. The van der Waals surface area contributed by atoms with Gasteiger partial charge in [0.05, 0.1) is 17.5 Å². The number of oxime groups is 1. The molecule has 0 fully saturated rings. The first-order valence-corrected chi connectivity index (χ1v) is 5.49. The first kappa shape index (κ1) is 13.5. The molecule has 6 nitrogen and oxygen atoms in total. The van der Waals surface area contributed by atoms with Gasteiger partial charge >= 0.3 is 6.09 Å². The molecule has 0 bridgehead atoms. The number of aryl methyl sites for hydroxylation is 2. The van der Waals surface area contributed by atoms with Crippen LogP contribution in [0.4, 0.5) is 4.79 Å². The second kappa shape index (κ2) is 5.67. The first-order chi connectivity index (χ1) is 7.91. The summed E-state index contributed by atoms with van der Waals surface area (Å²) in [6.45, 7) is 5.45. The van der Waals surface area contributed by atoms with Gasteiger partial charge < -0.3 is 5.32 Å². The van der Waals surface area contributed by atoms with Gasteiger partial charge in [-0.3, -0.25) is 9.52 Å². The molecule has 7 heteroatoms. The molecule has 0 aromatic carbocycles. The Morgan fingerprint density at radius 1 is 1.65 bits per heavy atom. The van der Waals surface area contributed by atoms with E-state index in [2.05, 4.69) is 20.4 Å². The van der Waals surface area contributed by atoms with E-state index in [1.54, 1.807) is 14.0 Å². The van der Waals surface area contributed by atoms with Crippen LogP contribution in [0.25, 0.3) is 0 Å². The van der Waals surface area contributed by atoms with Crippen molar-refractivity contribution in [3.63, 3.8) is 0 Å². The van der Waals surface area contributed by atoms with Crippen molar-refractivity contribution in [2.75, 3.05) is 0 Å². The summed E-state index contributed by atoms with van der Waals surface area (Å²) in [7, 11) is 1.72. The van der Waals surface area contributed by atoms with Crippen molar-refractivity contribution < 1.29 is 9.63 Å². The monoisotopic (exact) mass is 258 g/mol. The summed E-state index contributed by atoms with van der Waals surface area (Å²) in [5.41, 5.74) is 1.35. The smallest absolute Gasteiger partial charge is 0.317 e. The number of aromatic nitrogens is 2. The number of amides is 1. The molecule has 1 aromatic heterocycles. The third-order valence-corrected chi connectivity index (χ3v) is 2.37.